The Morgan fingerprint density at radius 3 is 2.30 bits per heavy atom. The van der Waals surface area contributed by atoms with Crippen LogP contribution in [0, 0.1) is 0 Å². The molecule has 1 heterocycles. The normalized spacial score (nSPS) is 11.3. The Morgan fingerprint density at radius 2 is 1.65 bits per heavy atom. The van der Waals surface area contributed by atoms with E-state index in [0.29, 0.717) is 0 Å². The minimum atomic E-state index is -4.62. The van der Waals surface area contributed by atoms with Gasteiger partial charge in [-0.05, 0) is 18.2 Å². The average molecular weight is 342 g/mol. The fourth-order valence-electron chi connectivity index (χ4n) is 2.04. The Hall–Kier alpha value is -2.21. The zero-order chi connectivity index (χ0) is 17.0. The molecular weight excluding hydrogens is 331 g/mol. The summed E-state index contributed by atoms with van der Waals surface area (Å²) in [5.41, 5.74) is -1.45. The molecule has 0 spiro atoms. The molecule has 3 nitrogen and oxygen atoms in total. The molecule has 120 valence electrons. The van der Waals surface area contributed by atoms with Crippen molar-refractivity contribution in [1.29, 1.82) is 0 Å². The molecule has 0 bridgehead atoms. The standard InChI is InChI=1S/C16H11ClF3NO2/c17-12-6-3-9-21-15(12)14(23)8-7-13(22)10-4-1-2-5-11(10)16(18,19)20/h1-6,9H,7-8H2. The Balaban J connectivity index is 2.12. The zero-order valence-electron chi connectivity index (χ0n) is 11.7. The van der Waals surface area contributed by atoms with Gasteiger partial charge in [-0.1, -0.05) is 29.8 Å². The van der Waals surface area contributed by atoms with Crippen LogP contribution in [0.4, 0.5) is 13.2 Å². The number of aromatic nitrogens is 1. The van der Waals surface area contributed by atoms with Crippen LogP contribution in [0.15, 0.2) is 42.6 Å². The Labute approximate surface area is 135 Å². The summed E-state index contributed by atoms with van der Waals surface area (Å²) in [7, 11) is 0. The van der Waals surface area contributed by atoms with E-state index in [1.165, 1.54) is 24.4 Å². The molecule has 0 aliphatic carbocycles. The fourth-order valence-corrected chi connectivity index (χ4v) is 2.27. The molecule has 0 aliphatic rings. The first-order chi connectivity index (χ1) is 10.8. The third kappa shape index (κ3) is 4.16. The Kier molecular flexibility index (Phi) is 5.15. The number of benzene rings is 1. The minimum absolute atomic E-state index is 0.00562. The predicted octanol–water partition coefficient (Wildman–Crippen LogP) is 4.60. The van der Waals surface area contributed by atoms with Gasteiger partial charge < -0.3 is 0 Å². The van der Waals surface area contributed by atoms with Crippen LogP contribution in [0.3, 0.4) is 0 Å². The number of pyridine rings is 1. The highest BCUT2D eigenvalue weighted by Gasteiger charge is 2.34. The summed E-state index contributed by atoms with van der Waals surface area (Å²) < 4.78 is 38.6. The number of nitrogens with zero attached hydrogens (tertiary/aromatic N) is 1. The molecule has 0 atom stereocenters. The summed E-state index contributed by atoms with van der Waals surface area (Å²) in [4.78, 5) is 27.8. The average Bonchev–Trinajstić information content (AvgIpc) is 2.52. The van der Waals surface area contributed by atoms with Crippen molar-refractivity contribution in [3.05, 3.63) is 64.4 Å². The summed E-state index contributed by atoms with van der Waals surface area (Å²) in [5, 5.41) is 0.139. The largest absolute Gasteiger partial charge is 0.417 e. The molecule has 7 heteroatoms. The number of rotatable bonds is 5. The number of carbonyl (C=O) groups excluding carboxylic acids is 2. The molecule has 0 fully saturated rings. The number of Topliss-reactive ketones (excluding diaryl/α,β-unsaturated/α-hetero) is 2. The monoisotopic (exact) mass is 341 g/mol. The van der Waals surface area contributed by atoms with E-state index in [1.54, 1.807) is 6.07 Å². The fraction of sp³-hybridized carbons (Fsp3) is 0.188. The van der Waals surface area contributed by atoms with Gasteiger partial charge in [-0.15, -0.1) is 0 Å². The molecule has 0 amide bonds. The third-order valence-corrected chi connectivity index (χ3v) is 3.44. The molecular formula is C16H11ClF3NO2. The Morgan fingerprint density at radius 1 is 1.00 bits per heavy atom. The maximum Gasteiger partial charge on any atom is 0.417 e. The third-order valence-electron chi connectivity index (χ3n) is 3.13. The lowest BCUT2D eigenvalue weighted by Gasteiger charge is -2.11. The highest BCUT2D eigenvalue weighted by molar-refractivity contribution is 6.33. The van der Waals surface area contributed by atoms with Crippen molar-refractivity contribution >= 4 is 23.2 Å². The number of carbonyl (C=O) groups is 2. The van der Waals surface area contributed by atoms with Crippen molar-refractivity contribution in [2.24, 2.45) is 0 Å². The molecule has 2 rings (SSSR count). The van der Waals surface area contributed by atoms with Crippen LogP contribution in [0.25, 0.3) is 0 Å². The topological polar surface area (TPSA) is 47.0 Å². The van der Waals surface area contributed by atoms with Crippen molar-refractivity contribution in [2.45, 2.75) is 19.0 Å². The SMILES string of the molecule is O=C(CCC(=O)c1ncccc1Cl)c1ccccc1C(F)(F)F. The van der Waals surface area contributed by atoms with Crippen molar-refractivity contribution in [3.8, 4) is 0 Å². The first-order valence-corrected chi connectivity index (χ1v) is 7.01. The van der Waals surface area contributed by atoms with E-state index in [0.717, 1.165) is 12.1 Å². The highest BCUT2D eigenvalue weighted by Crippen LogP contribution is 2.32. The van der Waals surface area contributed by atoms with Gasteiger partial charge in [0.05, 0.1) is 10.6 Å². The van der Waals surface area contributed by atoms with Crippen molar-refractivity contribution < 1.29 is 22.8 Å². The van der Waals surface area contributed by atoms with E-state index in [9.17, 15) is 22.8 Å². The molecule has 0 unspecified atom stereocenters. The van der Waals surface area contributed by atoms with Gasteiger partial charge in [0, 0.05) is 24.6 Å². The first kappa shape index (κ1) is 17.1. The predicted molar refractivity (Wildman–Crippen MR) is 78.6 cm³/mol. The van der Waals surface area contributed by atoms with Crippen molar-refractivity contribution in [2.75, 3.05) is 0 Å². The van der Waals surface area contributed by atoms with Crippen LogP contribution in [0.5, 0.6) is 0 Å². The summed E-state index contributed by atoms with van der Waals surface area (Å²) in [5.74, 6) is -1.24. The van der Waals surface area contributed by atoms with Gasteiger partial charge in [0.2, 0.25) is 0 Å². The molecule has 0 N–H and O–H groups in total. The summed E-state index contributed by atoms with van der Waals surface area (Å²) in [6, 6.07) is 7.51. The van der Waals surface area contributed by atoms with Crippen LogP contribution in [0.2, 0.25) is 5.02 Å². The van der Waals surface area contributed by atoms with Gasteiger partial charge in [-0.2, -0.15) is 13.2 Å². The maximum atomic E-state index is 12.9. The second-order valence-corrected chi connectivity index (χ2v) is 5.13. The zero-order valence-corrected chi connectivity index (χ0v) is 12.5. The number of hydrogen-bond donors (Lipinski definition) is 0. The number of ketones is 2. The first-order valence-electron chi connectivity index (χ1n) is 6.64. The van der Waals surface area contributed by atoms with Crippen LogP contribution in [0.1, 0.15) is 39.3 Å². The second kappa shape index (κ2) is 6.91. The molecule has 0 saturated heterocycles. The highest BCUT2D eigenvalue weighted by atomic mass is 35.5. The number of halogens is 4. The van der Waals surface area contributed by atoms with Gasteiger partial charge in [-0.25, -0.2) is 0 Å². The van der Waals surface area contributed by atoms with Gasteiger partial charge in [0.1, 0.15) is 5.69 Å². The van der Waals surface area contributed by atoms with E-state index in [-0.39, 0.29) is 23.6 Å². The quantitative estimate of drug-likeness (QED) is 0.747. The molecule has 0 saturated carbocycles. The van der Waals surface area contributed by atoms with Gasteiger partial charge in [0.15, 0.2) is 11.6 Å². The molecule has 0 aliphatic heterocycles. The van der Waals surface area contributed by atoms with Crippen LogP contribution in [-0.4, -0.2) is 16.6 Å². The van der Waals surface area contributed by atoms with Crippen LogP contribution >= 0.6 is 11.6 Å². The number of alkyl halides is 3. The van der Waals surface area contributed by atoms with Crippen molar-refractivity contribution in [3.63, 3.8) is 0 Å². The van der Waals surface area contributed by atoms with E-state index in [1.807, 2.05) is 0 Å². The minimum Gasteiger partial charge on any atom is -0.294 e. The molecule has 23 heavy (non-hydrogen) atoms. The smallest absolute Gasteiger partial charge is 0.294 e. The van der Waals surface area contributed by atoms with Crippen LogP contribution in [-0.2, 0) is 6.18 Å². The molecule has 1 aromatic heterocycles. The molecule has 1 aromatic carbocycles. The van der Waals surface area contributed by atoms with E-state index in [2.05, 4.69) is 4.98 Å². The van der Waals surface area contributed by atoms with Gasteiger partial charge in [-0.3, -0.25) is 14.6 Å². The van der Waals surface area contributed by atoms with Crippen LogP contribution < -0.4 is 0 Å². The lowest BCUT2D eigenvalue weighted by molar-refractivity contribution is -0.137. The number of hydrogen-bond acceptors (Lipinski definition) is 3. The summed E-state index contributed by atoms with van der Waals surface area (Å²) in [6.07, 6.45) is -3.86. The second-order valence-electron chi connectivity index (χ2n) is 4.72. The van der Waals surface area contributed by atoms with Gasteiger partial charge in [0.25, 0.3) is 0 Å². The van der Waals surface area contributed by atoms with E-state index >= 15 is 0 Å². The summed E-state index contributed by atoms with van der Waals surface area (Å²) >= 11 is 5.82. The summed E-state index contributed by atoms with van der Waals surface area (Å²) in [6.45, 7) is 0. The van der Waals surface area contributed by atoms with E-state index < -0.39 is 28.9 Å². The lowest BCUT2D eigenvalue weighted by Crippen LogP contribution is -2.14. The lowest BCUT2D eigenvalue weighted by atomic mass is 9.99. The van der Waals surface area contributed by atoms with Crippen molar-refractivity contribution in [1.82, 2.24) is 4.98 Å². The molecule has 0 radical (unpaired) electrons. The van der Waals surface area contributed by atoms with Gasteiger partial charge >= 0.3 is 6.18 Å². The molecule has 2 aromatic rings. The maximum absolute atomic E-state index is 12.9. The van der Waals surface area contributed by atoms with E-state index in [4.69, 9.17) is 11.6 Å². The Bertz CT molecular complexity index is 744.